The molecule has 18 heavy (non-hydrogen) atoms. The van der Waals surface area contributed by atoms with E-state index in [4.69, 9.17) is 15.3 Å². The number of nitrogens with zero attached hydrogens (tertiary/aromatic N) is 2. The summed E-state index contributed by atoms with van der Waals surface area (Å²) in [6, 6.07) is 0. The fourth-order valence-electron chi connectivity index (χ4n) is 1.92. The topological polar surface area (TPSA) is 100 Å². The summed E-state index contributed by atoms with van der Waals surface area (Å²) in [5.74, 6) is 0. The molecule has 7 nitrogen and oxygen atoms in total. The Morgan fingerprint density at radius 2 is 2.33 bits per heavy atom. The fourth-order valence-corrected chi connectivity index (χ4v) is 2.59. The highest BCUT2D eigenvalue weighted by atomic mass is 127. The van der Waals surface area contributed by atoms with Gasteiger partial charge in [0.05, 0.1) is 16.3 Å². The van der Waals surface area contributed by atoms with Crippen molar-refractivity contribution in [2.75, 3.05) is 6.61 Å². The third-order valence-corrected chi connectivity index (χ3v) is 3.81. The van der Waals surface area contributed by atoms with E-state index < -0.39 is 18.4 Å². The lowest BCUT2D eigenvalue weighted by molar-refractivity contribution is -0.0463. The van der Waals surface area contributed by atoms with Crippen LogP contribution in [0, 0.1) is 8.98 Å². The molecule has 1 aromatic rings. The molecule has 1 aliphatic rings. The Morgan fingerprint density at radius 3 is 2.89 bits per heavy atom. The van der Waals surface area contributed by atoms with Crippen molar-refractivity contribution in [2.45, 2.75) is 24.9 Å². The van der Waals surface area contributed by atoms with E-state index in [1.54, 1.807) is 0 Å². The van der Waals surface area contributed by atoms with Crippen LogP contribution < -0.4 is 11.2 Å². The summed E-state index contributed by atoms with van der Waals surface area (Å²) in [6.45, 7) is -0.286. The Labute approximate surface area is 116 Å². The van der Waals surface area contributed by atoms with Gasteiger partial charge in [0, 0.05) is 19.7 Å². The zero-order valence-electron chi connectivity index (χ0n) is 9.71. The normalized spacial score (nSPS) is 27.7. The van der Waals surface area contributed by atoms with Crippen LogP contribution in [-0.2, 0) is 11.8 Å². The molecular formula is C10H14IN3O4. The minimum Gasteiger partial charge on any atom is -0.394 e. The second kappa shape index (κ2) is 5.11. The Balaban J connectivity index is 2.42. The average Bonchev–Trinajstić information content (AvgIpc) is 2.72. The van der Waals surface area contributed by atoms with Crippen molar-refractivity contribution in [2.24, 2.45) is 7.05 Å². The summed E-state index contributed by atoms with van der Waals surface area (Å²) in [5, 5.41) is 26.4. The van der Waals surface area contributed by atoms with Crippen LogP contribution in [0.1, 0.15) is 12.6 Å². The molecule has 3 atom stereocenters. The first kappa shape index (κ1) is 13.7. The first-order valence-electron chi connectivity index (χ1n) is 5.42. The molecule has 0 bridgehead atoms. The van der Waals surface area contributed by atoms with Crippen molar-refractivity contribution >= 4 is 22.6 Å². The number of nitrogens with one attached hydrogen (secondary N) is 1. The lowest BCUT2D eigenvalue weighted by Crippen LogP contribution is -2.40. The molecule has 8 heteroatoms. The second-order valence-electron chi connectivity index (χ2n) is 4.19. The van der Waals surface area contributed by atoms with Crippen molar-refractivity contribution < 1.29 is 14.9 Å². The lowest BCUT2D eigenvalue weighted by atomic mass is 10.2. The summed E-state index contributed by atoms with van der Waals surface area (Å²) >= 11 is 1.96. The van der Waals surface area contributed by atoms with Gasteiger partial charge < -0.3 is 14.9 Å². The lowest BCUT2D eigenvalue weighted by Gasteiger charge is -2.16. The van der Waals surface area contributed by atoms with E-state index in [2.05, 4.69) is 0 Å². The Morgan fingerprint density at radius 1 is 1.67 bits per heavy atom. The van der Waals surface area contributed by atoms with Crippen LogP contribution in [0.3, 0.4) is 0 Å². The molecule has 0 radical (unpaired) electrons. The van der Waals surface area contributed by atoms with Gasteiger partial charge in [-0.25, -0.2) is 4.79 Å². The number of aromatic nitrogens is 2. The van der Waals surface area contributed by atoms with Gasteiger partial charge in [0.25, 0.3) is 0 Å². The molecule has 1 fully saturated rings. The van der Waals surface area contributed by atoms with Crippen LogP contribution in [-0.4, -0.2) is 38.2 Å². The van der Waals surface area contributed by atoms with Gasteiger partial charge in [-0.2, -0.15) is 0 Å². The van der Waals surface area contributed by atoms with Crippen molar-refractivity contribution in [3.8, 4) is 0 Å². The quantitative estimate of drug-likeness (QED) is 0.579. The summed E-state index contributed by atoms with van der Waals surface area (Å²) in [7, 11) is 1.51. The molecule has 1 saturated heterocycles. The maximum Gasteiger partial charge on any atom is 0.331 e. The molecule has 3 N–H and O–H groups in total. The average molecular weight is 367 g/mol. The maximum atomic E-state index is 12.0. The molecule has 0 aliphatic carbocycles. The number of hydrogen-bond acceptors (Lipinski definition) is 5. The van der Waals surface area contributed by atoms with Crippen molar-refractivity contribution in [1.82, 2.24) is 9.13 Å². The van der Waals surface area contributed by atoms with Gasteiger partial charge in [-0.1, -0.05) is 0 Å². The van der Waals surface area contributed by atoms with Gasteiger partial charge in [-0.05, 0) is 22.6 Å². The van der Waals surface area contributed by atoms with E-state index in [1.165, 1.54) is 22.4 Å². The molecular weight excluding hydrogens is 353 g/mol. The molecule has 0 amide bonds. The second-order valence-corrected chi connectivity index (χ2v) is 5.35. The minimum absolute atomic E-state index is 0.133. The SMILES string of the molecule is Cn1c(=N)c(I)cn([C@H]2C[C@H](O)[C@@H](CO)O2)c1=O. The highest BCUT2D eigenvalue weighted by Gasteiger charge is 2.35. The Kier molecular flexibility index (Phi) is 3.90. The van der Waals surface area contributed by atoms with Gasteiger partial charge in [0.1, 0.15) is 17.8 Å². The van der Waals surface area contributed by atoms with Crippen molar-refractivity contribution in [1.29, 1.82) is 5.41 Å². The minimum atomic E-state index is -0.787. The summed E-state index contributed by atoms with van der Waals surface area (Å²) < 4.78 is 8.59. The zero-order valence-corrected chi connectivity index (χ0v) is 11.9. The van der Waals surface area contributed by atoms with Crippen LogP contribution in [0.15, 0.2) is 11.0 Å². The van der Waals surface area contributed by atoms with Crippen LogP contribution in [0.25, 0.3) is 0 Å². The molecule has 2 rings (SSSR count). The predicted octanol–water partition coefficient (Wildman–Crippen LogP) is -1.09. The molecule has 1 aliphatic heterocycles. The molecule has 0 aromatic carbocycles. The molecule has 0 spiro atoms. The third kappa shape index (κ3) is 2.25. The van der Waals surface area contributed by atoms with Gasteiger partial charge in [-0.15, -0.1) is 0 Å². The number of halogens is 1. The van der Waals surface area contributed by atoms with Gasteiger partial charge in [0.2, 0.25) is 0 Å². The standard InChI is InChI=1S/C10H14IN3O4/c1-13-9(12)5(11)3-14(10(13)17)8-2-6(16)7(4-15)18-8/h3,6-8,12,15-16H,2,4H2,1H3/t6-,7+,8+/m0/s1. The van der Waals surface area contributed by atoms with Crippen LogP contribution >= 0.6 is 22.6 Å². The van der Waals surface area contributed by atoms with E-state index >= 15 is 0 Å². The summed E-state index contributed by atoms with van der Waals surface area (Å²) in [5.41, 5.74) is -0.245. The predicted molar refractivity (Wildman–Crippen MR) is 69.9 cm³/mol. The molecule has 2 heterocycles. The molecule has 1 aromatic heterocycles. The monoisotopic (exact) mass is 367 g/mol. The zero-order chi connectivity index (χ0) is 13.4. The van der Waals surface area contributed by atoms with E-state index in [0.29, 0.717) is 3.57 Å². The molecule has 0 saturated carbocycles. The van der Waals surface area contributed by atoms with Crippen LogP contribution in [0.2, 0.25) is 0 Å². The maximum absolute atomic E-state index is 12.0. The van der Waals surface area contributed by atoms with E-state index in [-0.39, 0.29) is 24.2 Å². The third-order valence-electron chi connectivity index (χ3n) is 3.02. The fraction of sp³-hybridized carbons (Fsp3) is 0.600. The van der Waals surface area contributed by atoms with Crippen molar-refractivity contribution in [3.05, 3.63) is 25.7 Å². The number of hydrogen-bond donors (Lipinski definition) is 3. The van der Waals surface area contributed by atoms with Gasteiger partial charge in [0.15, 0.2) is 0 Å². The first-order valence-corrected chi connectivity index (χ1v) is 6.50. The molecule has 0 unspecified atom stereocenters. The van der Waals surface area contributed by atoms with Crippen molar-refractivity contribution in [3.63, 3.8) is 0 Å². The van der Waals surface area contributed by atoms with E-state index in [1.807, 2.05) is 22.6 Å². The number of rotatable bonds is 2. The first-order chi connectivity index (χ1) is 8.45. The molecule has 100 valence electrons. The highest BCUT2D eigenvalue weighted by molar-refractivity contribution is 14.1. The van der Waals surface area contributed by atoms with E-state index in [0.717, 1.165) is 0 Å². The number of aliphatic hydroxyl groups is 2. The highest BCUT2D eigenvalue weighted by Crippen LogP contribution is 2.27. The van der Waals surface area contributed by atoms with Gasteiger partial charge >= 0.3 is 5.69 Å². The van der Waals surface area contributed by atoms with Crippen LogP contribution in [0.5, 0.6) is 0 Å². The Hall–Kier alpha value is -0.710. The summed E-state index contributed by atoms with van der Waals surface area (Å²) in [6.07, 6.45) is -0.281. The largest absolute Gasteiger partial charge is 0.394 e. The number of aliphatic hydroxyl groups excluding tert-OH is 2. The van der Waals surface area contributed by atoms with E-state index in [9.17, 15) is 9.90 Å². The van der Waals surface area contributed by atoms with Gasteiger partial charge in [-0.3, -0.25) is 14.5 Å². The van der Waals surface area contributed by atoms with Crippen LogP contribution in [0.4, 0.5) is 0 Å². The smallest absolute Gasteiger partial charge is 0.331 e. The summed E-state index contributed by atoms with van der Waals surface area (Å²) in [4.78, 5) is 12.0. The number of ether oxygens (including phenoxy) is 1. The Bertz CT molecular complexity index is 567.